The molecule has 2 rings (SSSR count). The Morgan fingerprint density at radius 3 is 2.88 bits per heavy atom. The summed E-state index contributed by atoms with van der Waals surface area (Å²) < 4.78 is 10.1. The molecule has 1 aromatic heterocycles. The molecule has 0 N–H and O–H groups in total. The van der Waals surface area contributed by atoms with Crippen LogP contribution in [0.15, 0.2) is 16.8 Å². The molecule has 1 atom stereocenters. The summed E-state index contributed by atoms with van der Waals surface area (Å²) in [5, 5.41) is 3.48. The number of carbonyl (C=O) groups excluding carboxylic acids is 2. The van der Waals surface area contributed by atoms with Crippen molar-refractivity contribution in [2.75, 3.05) is 6.61 Å². The van der Waals surface area contributed by atoms with Gasteiger partial charge < -0.3 is 9.47 Å². The van der Waals surface area contributed by atoms with Gasteiger partial charge in [-0.25, -0.2) is 9.59 Å². The van der Waals surface area contributed by atoms with E-state index in [0.717, 1.165) is 0 Å². The highest BCUT2D eigenvalue weighted by atomic mass is 32.1. The van der Waals surface area contributed by atoms with E-state index in [2.05, 4.69) is 0 Å². The predicted molar refractivity (Wildman–Crippen MR) is 58.3 cm³/mol. The summed E-state index contributed by atoms with van der Waals surface area (Å²) in [4.78, 5) is 23.1. The van der Waals surface area contributed by atoms with Crippen molar-refractivity contribution < 1.29 is 19.1 Å². The summed E-state index contributed by atoms with van der Waals surface area (Å²) in [5.74, 6) is -0.938. The molecule has 1 aliphatic heterocycles. The van der Waals surface area contributed by atoms with Crippen molar-refractivity contribution in [2.24, 2.45) is 5.41 Å². The van der Waals surface area contributed by atoms with Crippen LogP contribution < -0.4 is 0 Å². The molecule has 86 valence electrons. The first-order chi connectivity index (χ1) is 7.50. The fourth-order valence-corrected chi connectivity index (χ4v) is 2.12. The van der Waals surface area contributed by atoms with Gasteiger partial charge in [0.15, 0.2) is 0 Å². The molecule has 1 saturated heterocycles. The van der Waals surface area contributed by atoms with Gasteiger partial charge in [0.1, 0.15) is 6.61 Å². The van der Waals surface area contributed by atoms with E-state index in [4.69, 9.17) is 9.47 Å². The van der Waals surface area contributed by atoms with Gasteiger partial charge in [0.05, 0.1) is 5.56 Å². The minimum Gasteiger partial charge on any atom is -0.462 e. The zero-order valence-electron chi connectivity index (χ0n) is 9.06. The van der Waals surface area contributed by atoms with Crippen molar-refractivity contribution in [2.45, 2.75) is 20.0 Å². The molecule has 0 aromatic carbocycles. The Bertz CT molecular complexity index is 408. The fraction of sp³-hybridized carbons (Fsp3) is 0.455. The van der Waals surface area contributed by atoms with Crippen LogP contribution in [0.5, 0.6) is 0 Å². The molecule has 1 aromatic rings. The molecule has 5 heteroatoms. The minimum absolute atomic E-state index is 0.285. The van der Waals surface area contributed by atoms with E-state index in [9.17, 15) is 9.59 Å². The third-order valence-electron chi connectivity index (χ3n) is 2.49. The summed E-state index contributed by atoms with van der Waals surface area (Å²) in [5.41, 5.74) is 0.0171. The Labute approximate surface area is 97.2 Å². The minimum atomic E-state index is -0.806. The first-order valence-corrected chi connectivity index (χ1v) is 5.85. The zero-order chi connectivity index (χ0) is 11.8. The van der Waals surface area contributed by atoms with Crippen molar-refractivity contribution in [3.05, 3.63) is 22.4 Å². The van der Waals surface area contributed by atoms with E-state index in [-0.39, 0.29) is 6.61 Å². The molecule has 0 radical (unpaired) electrons. The van der Waals surface area contributed by atoms with Crippen LogP contribution in [0.25, 0.3) is 0 Å². The van der Waals surface area contributed by atoms with Gasteiger partial charge >= 0.3 is 11.9 Å². The van der Waals surface area contributed by atoms with Crippen LogP contribution in [0.2, 0.25) is 0 Å². The second kappa shape index (κ2) is 3.90. The molecule has 1 aliphatic rings. The molecule has 0 saturated carbocycles. The molecule has 0 unspecified atom stereocenters. The van der Waals surface area contributed by atoms with E-state index < -0.39 is 23.5 Å². The van der Waals surface area contributed by atoms with Crippen LogP contribution in [0, 0.1) is 5.41 Å². The van der Waals surface area contributed by atoms with Gasteiger partial charge in [-0.05, 0) is 11.4 Å². The van der Waals surface area contributed by atoms with Crippen LogP contribution in [0.3, 0.4) is 0 Å². The highest BCUT2D eigenvalue weighted by molar-refractivity contribution is 7.08. The van der Waals surface area contributed by atoms with Gasteiger partial charge in [-0.15, -0.1) is 0 Å². The summed E-state index contributed by atoms with van der Waals surface area (Å²) in [6, 6.07) is 1.67. The Morgan fingerprint density at radius 1 is 1.62 bits per heavy atom. The molecule has 0 bridgehead atoms. The molecule has 0 aliphatic carbocycles. The third kappa shape index (κ3) is 1.95. The zero-order valence-corrected chi connectivity index (χ0v) is 9.87. The van der Waals surface area contributed by atoms with E-state index in [0.29, 0.717) is 5.56 Å². The summed E-state index contributed by atoms with van der Waals surface area (Å²) in [7, 11) is 0. The topological polar surface area (TPSA) is 52.6 Å². The molecular weight excluding hydrogens is 228 g/mol. The van der Waals surface area contributed by atoms with Crippen molar-refractivity contribution in [3.8, 4) is 0 Å². The highest BCUT2D eigenvalue weighted by Crippen LogP contribution is 2.31. The van der Waals surface area contributed by atoms with E-state index in [1.54, 1.807) is 16.8 Å². The molecule has 2 heterocycles. The third-order valence-corrected chi connectivity index (χ3v) is 3.18. The first kappa shape index (κ1) is 11.1. The van der Waals surface area contributed by atoms with Gasteiger partial charge in [0.2, 0.25) is 6.10 Å². The lowest BCUT2D eigenvalue weighted by Gasteiger charge is -2.21. The number of carbonyl (C=O) groups is 2. The molecule has 16 heavy (non-hydrogen) atoms. The Hall–Kier alpha value is -1.36. The predicted octanol–water partition coefficient (Wildman–Crippen LogP) is 1.86. The number of rotatable bonds is 2. The van der Waals surface area contributed by atoms with E-state index >= 15 is 0 Å². The fourth-order valence-electron chi connectivity index (χ4n) is 1.49. The first-order valence-electron chi connectivity index (χ1n) is 4.90. The molecule has 4 nitrogen and oxygen atoms in total. The lowest BCUT2D eigenvalue weighted by molar-refractivity contribution is -0.145. The second-order valence-electron chi connectivity index (χ2n) is 4.39. The monoisotopic (exact) mass is 240 g/mol. The van der Waals surface area contributed by atoms with E-state index in [1.165, 1.54) is 11.3 Å². The average molecular weight is 240 g/mol. The number of hydrogen-bond donors (Lipinski definition) is 0. The average Bonchev–Trinajstić information content (AvgIpc) is 2.81. The van der Waals surface area contributed by atoms with Crippen molar-refractivity contribution >= 4 is 23.3 Å². The Kier molecular flexibility index (Phi) is 2.71. The van der Waals surface area contributed by atoms with Gasteiger partial charge in [0.25, 0.3) is 0 Å². The summed E-state index contributed by atoms with van der Waals surface area (Å²) in [6.45, 7) is 3.96. The normalized spacial score (nSPS) is 22.9. The van der Waals surface area contributed by atoms with Gasteiger partial charge in [0, 0.05) is 10.8 Å². The number of ether oxygens (including phenoxy) is 2. The number of esters is 2. The largest absolute Gasteiger partial charge is 0.462 e. The van der Waals surface area contributed by atoms with Gasteiger partial charge in [-0.2, -0.15) is 11.3 Å². The maximum Gasteiger partial charge on any atom is 0.348 e. The van der Waals surface area contributed by atoms with E-state index in [1.807, 2.05) is 13.8 Å². The van der Waals surface area contributed by atoms with Crippen LogP contribution in [0.4, 0.5) is 0 Å². The van der Waals surface area contributed by atoms with Crippen molar-refractivity contribution in [1.82, 2.24) is 0 Å². The van der Waals surface area contributed by atoms with Crippen LogP contribution in [-0.2, 0) is 14.3 Å². The number of hydrogen-bond acceptors (Lipinski definition) is 5. The van der Waals surface area contributed by atoms with Crippen molar-refractivity contribution in [3.63, 3.8) is 0 Å². The Morgan fingerprint density at radius 2 is 2.38 bits per heavy atom. The van der Waals surface area contributed by atoms with Crippen LogP contribution in [0.1, 0.15) is 24.2 Å². The molecular formula is C11H12O4S. The number of thiophene rings is 1. The smallest absolute Gasteiger partial charge is 0.348 e. The standard InChI is InChI=1S/C11H12O4S/c1-11(2)6-14-10(13)8(11)15-9(12)7-3-4-16-5-7/h3-5,8H,6H2,1-2H3/t8-/m0/s1. The van der Waals surface area contributed by atoms with Gasteiger partial charge in [-0.3, -0.25) is 0 Å². The van der Waals surface area contributed by atoms with Crippen LogP contribution in [-0.4, -0.2) is 24.6 Å². The van der Waals surface area contributed by atoms with Crippen LogP contribution >= 0.6 is 11.3 Å². The maximum atomic E-state index is 11.7. The second-order valence-corrected chi connectivity index (χ2v) is 5.17. The lowest BCUT2D eigenvalue weighted by Crippen LogP contribution is -2.34. The lowest BCUT2D eigenvalue weighted by atomic mass is 9.90. The summed E-state index contributed by atoms with van der Waals surface area (Å²) >= 11 is 1.41. The SMILES string of the molecule is CC1(C)COC(=O)[C@@H]1OC(=O)c1ccsc1. The maximum absolute atomic E-state index is 11.7. The van der Waals surface area contributed by atoms with Gasteiger partial charge in [-0.1, -0.05) is 13.8 Å². The molecule has 0 amide bonds. The Balaban J connectivity index is 2.10. The molecule has 1 fully saturated rings. The number of cyclic esters (lactones) is 1. The summed E-state index contributed by atoms with van der Waals surface area (Å²) in [6.07, 6.45) is -0.806. The van der Waals surface area contributed by atoms with Crippen molar-refractivity contribution in [1.29, 1.82) is 0 Å². The highest BCUT2D eigenvalue weighted by Gasteiger charge is 2.46. The quantitative estimate of drug-likeness (QED) is 0.740. The molecule has 0 spiro atoms.